The highest BCUT2D eigenvalue weighted by molar-refractivity contribution is 7.89. The number of halogens is 1. The maximum atomic E-state index is 14.7. The van der Waals surface area contributed by atoms with Crippen LogP contribution in [0.1, 0.15) is 47.9 Å². The number of methoxy groups -OCH3 is 2. The Kier molecular flexibility index (Phi) is 11.1. The van der Waals surface area contributed by atoms with E-state index in [0.717, 1.165) is 66.3 Å². The number of carbonyl (C=O) groups excluding carboxylic acids is 1. The van der Waals surface area contributed by atoms with E-state index in [1.54, 1.807) is 32.4 Å². The van der Waals surface area contributed by atoms with Gasteiger partial charge in [-0.15, -0.1) is 0 Å². The van der Waals surface area contributed by atoms with Crippen LogP contribution in [-0.2, 0) is 40.9 Å². The summed E-state index contributed by atoms with van der Waals surface area (Å²) in [7, 11) is -0.794. The summed E-state index contributed by atoms with van der Waals surface area (Å²) in [6.45, 7) is 2.03. The lowest BCUT2D eigenvalue weighted by molar-refractivity contribution is -0.115. The van der Waals surface area contributed by atoms with E-state index < -0.39 is 10.0 Å². The van der Waals surface area contributed by atoms with Crippen molar-refractivity contribution >= 4 is 33.6 Å². The second-order valence-electron chi connectivity index (χ2n) is 12.8. The number of carbonyl (C=O) groups is 1. The number of nitrogens with zero attached hydrogens (tertiary/aromatic N) is 2. The molecule has 0 saturated heterocycles. The third kappa shape index (κ3) is 8.23. The summed E-state index contributed by atoms with van der Waals surface area (Å²) in [4.78, 5) is 14.2. The normalized spacial score (nSPS) is 17.9. The molecule has 0 N–H and O–H groups in total. The number of benzene rings is 4. The third-order valence-corrected chi connectivity index (χ3v) is 11.7. The minimum atomic E-state index is -4.00. The van der Waals surface area contributed by atoms with Crippen LogP contribution in [0, 0.1) is 11.8 Å². The molecule has 1 aliphatic heterocycles. The number of anilines is 1. The molecule has 0 unspecified atom stereocenters. The van der Waals surface area contributed by atoms with Crippen molar-refractivity contribution in [2.24, 2.45) is 11.8 Å². The molecule has 4 aromatic rings. The largest absolute Gasteiger partial charge is 0.497 e. The molecule has 0 bridgehead atoms. The quantitative estimate of drug-likeness (QED) is 0.148. The summed E-state index contributed by atoms with van der Waals surface area (Å²) in [5.41, 5.74) is 4.62. The van der Waals surface area contributed by atoms with Crippen molar-refractivity contribution in [1.82, 2.24) is 4.31 Å². The Labute approximate surface area is 294 Å². The highest BCUT2D eigenvalue weighted by Crippen LogP contribution is 2.39. The lowest BCUT2D eigenvalue weighted by atomic mass is 9.74. The summed E-state index contributed by atoms with van der Waals surface area (Å²) in [5, 5.41) is 0.698. The highest BCUT2D eigenvalue weighted by atomic mass is 35.5. The van der Waals surface area contributed by atoms with Gasteiger partial charge in [0.05, 0.1) is 24.8 Å². The van der Waals surface area contributed by atoms with E-state index in [1.165, 1.54) is 4.31 Å². The first-order valence-electron chi connectivity index (χ1n) is 16.8. The number of hydrogen-bond acceptors (Lipinski definition) is 7. The summed E-state index contributed by atoms with van der Waals surface area (Å²) in [6, 6.07) is 25.9. The Hall–Kier alpha value is -4.05. The first-order chi connectivity index (χ1) is 23.8. The Morgan fingerprint density at radius 3 is 2.12 bits per heavy atom. The average molecular weight is 703 g/mol. The number of aldehydes is 1. The van der Waals surface area contributed by atoms with E-state index in [-0.39, 0.29) is 29.8 Å². The van der Waals surface area contributed by atoms with Gasteiger partial charge in [0.15, 0.2) is 0 Å². The molecule has 258 valence electrons. The fourth-order valence-corrected chi connectivity index (χ4v) is 8.24. The molecule has 8 nitrogen and oxygen atoms in total. The Morgan fingerprint density at radius 1 is 0.857 bits per heavy atom. The summed E-state index contributed by atoms with van der Waals surface area (Å²) in [5.74, 6) is 2.25. The van der Waals surface area contributed by atoms with Crippen LogP contribution in [0.3, 0.4) is 0 Å². The molecule has 2 aliphatic rings. The van der Waals surface area contributed by atoms with Crippen LogP contribution < -0.4 is 19.1 Å². The number of hydrogen-bond donors (Lipinski definition) is 0. The van der Waals surface area contributed by atoms with Crippen molar-refractivity contribution in [1.29, 1.82) is 0 Å². The van der Waals surface area contributed by atoms with Crippen molar-refractivity contribution in [3.05, 3.63) is 112 Å². The van der Waals surface area contributed by atoms with Crippen LogP contribution in [0.15, 0.2) is 89.8 Å². The van der Waals surface area contributed by atoms with E-state index in [2.05, 4.69) is 4.90 Å². The SMILES string of the molecule is COc1ccc(CN(Cc2ccc(OC)cc2)S(=O)(=O)c2ccc3c(c2)N(C[C@@H]2CC[C@H]2C=O)CCCCc2cc(Cl)ccc2CO3)cc1. The molecule has 1 aliphatic carbocycles. The van der Waals surface area contributed by atoms with E-state index in [0.29, 0.717) is 42.0 Å². The van der Waals surface area contributed by atoms with Gasteiger partial charge in [-0.05, 0) is 115 Å². The summed E-state index contributed by atoms with van der Waals surface area (Å²) >= 11 is 6.35. The van der Waals surface area contributed by atoms with Gasteiger partial charge in [-0.3, -0.25) is 0 Å². The first kappa shape index (κ1) is 34.8. The van der Waals surface area contributed by atoms with Crippen molar-refractivity contribution in [2.45, 2.75) is 56.7 Å². The van der Waals surface area contributed by atoms with E-state index in [1.807, 2.05) is 66.7 Å². The summed E-state index contributed by atoms with van der Waals surface area (Å²) in [6.07, 6.45) is 5.62. The standard InChI is InChI=1S/C39H43ClN2O6S/c1-46-35-14-6-28(7-15-35)23-42(24-29-8-16-36(47-2)17-9-29)49(44,45)37-18-19-39-38(22-37)41(25-31-10-11-32(31)26-43)20-4-3-5-30-21-34(40)13-12-33(30)27-48-39/h6-9,12-19,21-22,26,31-32H,3-5,10-11,20,23-25,27H2,1-2H3/t31-,32-/m0/s1. The maximum absolute atomic E-state index is 14.7. The van der Waals surface area contributed by atoms with Gasteiger partial charge in [0.25, 0.3) is 0 Å². The second-order valence-corrected chi connectivity index (χ2v) is 15.2. The van der Waals surface area contributed by atoms with Crippen LogP contribution >= 0.6 is 11.6 Å². The fraction of sp³-hybridized carbons (Fsp3) is 0.359. The zero-order chi connectivity index (χ0) is 34.4. The monoisotopic (exact) mass is 702 g/mol. The zero-order valence-corrected chi connectivity index (χ0v) is 29.6. The molecule has 49 heavy (non-hydrogen) atoms. The molecular weight excluding hydrogens is 660 g/mol. The van der Waals surface area contributed by atoms with Gasteiger partial charge in [-0.25, -0.2) is 8.42 Å². The van der Waals surface area contributed by atoms with Crippen LogP contribution in [-0.4, -0.2) is 46.3 Å². The molecule has 6 rings (SSSR count). The minimum absolute atomic E-state index is 0.0188. The van der Waals surface area contributed by atoms with Crippen molar-refractivity contribution < 1.29 is 27.4 Å². The van der Waals surface area contributed by atoms with E-state index in [4.69, 9.17) is 25.8 Å². The highest BCUT2D eigenvalue weighted by Gasteiger charge is 2.33. The Bertz CT molecular complexity index is 1800. The lowest BCUT2D eigenvalue weighted by Crippen LogP contribution is -2.39. The van der Waals surface area contributed by atoms with E-state index in [9.17, 15) is 13.2 Å². The van der Waals surface area contributed by atoms with Gasteiger partial charge in [0.1, 0.15) is 30.1 Å². The molecule has 0 amide bonds. The average Bonchev–Trinajstić information content (AvgIpc) is 3.13. The summed E-state index contributed by atoms with van der Waals surface area (Å²) < 4.78 is 47.9. The third-order valence-electron chi connectivity index (χ3n) is 9.73. The topological polar surface area (TPSA) is 85.4 Å². The number of ether oxygens (including phenoxy) is 3. The fourth-order valence-electron chi connectivity index (χ4n) is 6.61. The van der Waals surface area contributed by atoms with Gasteiger partial charge in [-0.2, -0.15) is 4.31 Å². The number of aryl methyl sites for hydroxylation is 1. The van der Waals surface area contributed by atoms with Gasteiger partial charge in [0.2, 0.25) is 10.0 Å². The molecule has 2 atom stereocenters. The van der Waals surface area contributed by atoms with E-state index >= 15 is 0 Å². The maximum Gasteiger partial charge on any atom is 0.243 e. The predicted octanol–water partition coefficient (Wildman–Crippen LogP) is 7.70. The minimum Gasteiger partial charge on any atom is -0.497 e. The molecular formula is C39H43ClN2O6S. The van der Waals surface area contributed by atoms with Gasteiger partial charge in [-0.1, -0.05) is 41.9 Å². The van der Waals surface area contributed by atoms with Crippen molar-refractivity contribution in [3.63, 3.8) is 0 Å². The van der Waals surface area contributed by atoms with Crippen molar-refractivity contribution in [3.8, 4) is 17.2 Å². The second kappa shape index (κ2) is 15.7. The first-order valence-corrected chi connectivity index (χ1v) is 18.6. The molecule has 0 radical (unpaired) electrons. The lowest BCUT2D eigenvalue weighted by Gasteiger charge is -2.38. The molecule has 4 aromatic carbocycles. The van der Waals surface area contributed by atoms with Crippen molar-refractivity contribution in [2.75, 3.05) is 32.2 Å². The molecule has 1 heterocycles. The molecule has 10 heteroatoms. The Balaban J connectivity index is 1.38. The van der Waals surface area contributed by atoms with Crippen LogP contribution in [0.25, 0.3) is 0 Å². The van der Waals surface area contributed by atoms with Crippen LogP contribution in [0.2, 0.25) is 5.02 Å². The molecule has 1 fully saturated rings. The predicted molar refractivity (Wildman–Crippen MR) is 192 cm³/mol. The number of sulfonamides is 1. The van der Waals surface area contributed by atoms with Gasteiger partial charge in [0, 0.05) is 37.1 Å². The molecule has 0 aromatic heterocycles. The number of rotatable bonds is 11. The van der Waals surface area contributed by atoms with Crippen LogP contribution in [0.5, 0.6) is 17.2 Å². The van der Waals surface area contributed by atoms with Gasteiger partial charge < -0.3 is 23.9 Å². The van der Waals surface area contributed by atoms with Gasteiger partial charge >= 0.3 is 0 Å². The molecule has 1 saturated carbocycles. The number of fused-ring (bicyclic) bond motifs is 2. The molecule has 0 spiro atoms. The smallest absolute Gasteiger partial charge is 0.243 e. The van der Waals surface area contributed by atoms with Crippen LogP contribution in [0.4, 0.5) is 5.69 Å². The Morgan fingerprint density at radius 2 is 1.53 bits per heavy atom. The zero-order valence-electron chi connectivity index (χ0n) is 28.0.